The minimum absolute atomic E-state index is 0.0219. The van der Waals surface area contributed by atoms with Crippen molar-refractivity contribution in [2.45, 2.75) is 26.7 Å². The highest BCUT2D eigenvalue weighted by atomic mass is 31.2. The quantitative estimate of drug-likeness (QED) is 0.0751. The second-order valence-corrected chi connectivity index (χ2v) is 11.6. The molecule has 39 heavy (non-hydrogen) atoms. The number of nitrogens with zero attached hydrogens (tertiary/aromatic N) is 1. The fraction of sp³-hybridized carbons (Fsp3) is 0.464. The summed E-state index contributed by atoms with van der Waals surface area (Å²) >= 11 is 0. The van der Waals surface area contributed by atoms with Gasteiger partial charge in [-0.1, -0.05) is 44.2 Å². The van der Waals surface area contributed by atoms with Crippen LogP contribution in [0.4, 0.5) is 0 Å². The first-order valence-corrected chi connectivity index (χ1v) is 14.3. The highest BCUT2D eigenvalue weighted by molar-refractivity contribution is 7.45. The number of phosphoric ester groups is 1. The largest absolute Gasteiger partial charge is 0.756 e. The number of benzene rings is 2. The lowest BCUT2D eigenvalue weighted by atomic mass is 9.94. The van der Waals surface area contributed by atoms with E-state index in [0.717, 1.165) is 0 Å². The normalized spacial score (nSPS) is 14.6. The Hall–Kier alpha value is -2.88. The van der Waals surface area contributed by atoms with Gasteiger partial charge >= 0.3 is 11.9 Å². The molecule has 0 bridgehead atoms. The third kappa shape index (κ3) is 11.8. The smallest absolute Gasteiger partial charge is 0.314 e. The Bertz CT molecular complexity index is 1130. The van der Waals surface area contributed by atoms with E-state index in [-0.39, 0.29) is 37.8 Å². The van der Waals surface area contributed by atoms with E-state index in [1.54, 1.807) is 62.4 Å². The van der Waals surface area contributed by atoms with Crippen LogP contribution < -0.4 is 9.63 Å². The highest BCUT2D eigenvalue weighted by Crippen LogP contribution is 2.37. The fourth-order valence-electron chi connectivity index (χ4n) is 3.47. The number of carbonyl (C=O) groups excluding carboxylic acids is 3. The van der Waals surface area contributed by atoms with Crippen LogP contribution >= 0.6 is 7.82 Å². The maximum Gasteiger partial charge on any atom is 0.314 e. The lowest BCUT2D eigenvalue weighted by Crippen LogP contribution is -2.37. The van der Waals surface area contributed by atoms with Crippen LogP contribution in [0, 0.1) is 11.8 Å². The Kier molecular flexibility index (Phi) is 12.5. The molecule has 0 N–H and O–H groups in total. The maximum absolute atomic E-state index is 12.6. The number of hydrogen-bond donors (Lipinski definition) is 0. The Balaban J connectivity index is 1.78. The van der Waals surface area contributed by atoms with Crippen molar-refractivity contribution in [3.63, 3.8) is 0 Å². The number of likely N-dealkylation sites (N-methyl/N-ethyl adjacent to an activating group) is 1. The fourth-order valence-corrected chi connectivity index (χ4v) is 4.15. The molecule has 3 atom stereocenters. The number of hydrogen-bond acceptors (Lipinski definition) is 9. The van der Waals surface area contributed by atoms with Gasteiger partial charge in [0.15, 0.2) is 5.78 Å². The average molecular weight is 564 g/mol. The maximum atomic E-state index is 12.6. The van der Waals surface area contributed by atoms with Gasteiger partial charge in [0, 0.05) is 11.1 Å². The summed E-state index contributed by atoms with van der Waals surface area (Å²) in [5.74, 6) is -2.13. The van der Waals surface area contributed by atoms with Crippen molar-refractivity contribution < 1.29 is 46.8 Å². The minimum atomic E-state index is -4.49. The van der Waals surface area contributed by atoms with Gasteiger partial charge < -0.3 is 27.9 Å². The zero-order chi connectivity index (χ0) is 29.1. The molecule has 11 heteroatoms. The SMILES string of the molecule is CCC(CC(C)C(=O)Oc1ccc(C(=O)c2ccccc2)cc1)C(=O)OCCOP(=O)([O-])OCC[N+](C)(C)C. The molecular weight excluding hydrogens is 525 g/mol. The van der Waals surface area contributed by atoms with E-state index >= 15 is 0 Å². The highest BCUT2D eigenvalue weighted by Gasteiger charge is 2.26. The number of esters is 2. The van der Waals surface area contributed by atoms with Gasteiger partial charge in [-0.2, -0.15) is 0 Å². The van der Waals surface area contributed by atoms with Gasteiger partial charge in [0.1, 0.15) is 25.5 Å². The van der Waals surface area contributed by atoms with Crippen LogP contribution in [0.5, 0.6) is 5.75 Å². The summed E-state index contributed by atoms with van der Waals surface area (Å²) in [4.78, 5) is 49.4. The van der Waals surface area contributed by atoms with Crippen molar-refractivity contribution >= 4 is 25.5 Å². The van der Waals surface area contributed by atoms with Gasteiger partial charge in [0.2, 0.25) is 0 Å². The zero-order valence-electron chi connectivity index (χ0n) is 23.2. The molecule has 214 valence electrons. The second-order valence-electron chi connectivity index (χ2n) is 10.2. The van der Waals surface area contributed by atoms with E-state index in [4.69, 9.17) is 18.5 Å². The van der Waals surface area contributed by atoms with Gasteiger partial charge in [0.05, 0.1) is 39.6 Å². The molecule has 0 aliphatic rings. The Morgan fingerprint density at radius 1 is 0.872 bits per heavy atom. The predicted molar refractivity (Wildman–Crippen MR) is 143 cm³/mol. The third-order valence-corrected chi connectivity index (χ3v) is 6.82. The zero-order valence-corrected chi connectivity index (χ0v) is 24.1. The molecule has 2 aromatic rings. The molecule has 0 aliphatic carbocycles. The van der Waals surface area contributed by atoms with Crippen molar-refractivity contribution in [2.75, 3.05) is 47.5 Å². The van der Waals surface area contributed by atoms with Gasteiger partial charge in [0.25, 0.3) is 7.82 Å². The summed E-state index contributed by atoms with van der Waals surface area (Å²) in [6.07, 6.45) is 0.607. The average Bonchev–Trinajstić information content (AvgIpc) is 2.89. The molecular formula is C28H38NO9P. The molecule has 2 aromatic carbocycles. The van der Waals surface area contributed by atoms with Crippen molar-refractivity contribution in [2.24, 2.45) is 11.8 Å². The van der Waals surface area contributed by atoms with Crippen LogP contribution in [-0.2, 0) is 27.9 Å². The van der Waals surface area contributed by atoms with E-state index in [2.05, 4.69) is 0 Å². The van der Waals surface area contributed by atoms with E-state index < -0.39 is 31.6 Å². The molecule has 10 nitrogen and oxygen atoms in total. The number of carbonyl (C=O) groups is 3. The van der Waals surface area contributed by atoms with Gasteiger partial charge in [-0.25, -0.2) is 0 Å². The Morgan fingerprint density at radius 2 is 1.46 bits per heavy atom. The number of rotatable bonds is 16. The van der Waals surface area contributed by atoms with E-state index in [0.29, 0.717) is 28.6 Å². The summed E-state index contributed by atoms with van der Waals surface area (Å²) in [6, 6.07) is 15.1. The minimum Gasteiger partial charge on any atom is -0.756 e. The van der Waals surface area contributed by atoms with Crippen LogP contribution in [-0.4, -0.2) is 69.7 Å². The van der Waals surface area contributed by atoms with Gasteiger partial charge in [-0.05, 0) is 37.1 Å². The van der Waals surface area contributed by atoms with Crippen molar-refractivity contribution in [1.29, 1.82) is 0 Å². The van der Waals surface area contributed by atoms with E-state index in [9.17, 15) is 23.8 Å². The molecule has 0 aromatic heterocycles. The Labute approximate surface area is 230 Å². The first-order chi connectivity index (χ1) is 18.3. The third-order valence-electron chi connectivity index (χ3n) is 5.83. The number of ketones is 1. The van der Waals surface area contributed by atoms with Crippen molar-refractivity contribution in [1.82, 2.24) is 0 Å². The second kappa shape index (κ2) is 15.1. The van der Waals surface area contributed by atoms with Crippen molar-refractivity contribution in [3.8, 4) is 5.75 Å². The summed E-state index contributed by atoms with van der Waals surface area (Å²) in [7, 11) is 1.21. The van der Waals surface area contributed by atoms with Crippen LogP contribution in [0.2, 0.25) is 0 Å². The standard InChI is InChI=1S/C28H38NO9P/c1-6-22(28(32)35-18-19-37-39(33,34)36-17-16-29(3,4)5)20-21(2)27(31)38-25-14-12-24(13-15-25)26(30)23-10-8-7-9-11-23/h7-15,21-22H,6,16-20H2,1-5H3. The molecule has 0 amide bonds. The Morgan fingerprint density at radius 3 is 2.05 bits per heavy atom. The molecule has 3 unspecified atom stereocenters. The lowest BCUT2D eigenvalue weighted by molar-refractivity contribution is -0.870. The first kappa shape index (κ1) is 32.3. The molecule has 0 radical (unpaired) electrons. The van der Waals surface area contributed by atoms with Crippen LogP contribution in [0.15, 0.2) is 54.6 Å². The van der Waals surface area contributed by atoms with Gasteiger partial charge in [-0.15, -0.1) is 0 Å². The van der Waals surface area contributed by atoms with Crippen LogP contribution in [0.3, 0.4) is 0 Å². The topological polar surface area (TPSA) is 128 Å². The monoisotopic (exact) mass is 563 g/mol. The molecule has 0 saturated heterocycles. The molecule has 0 heterocycles. The van der Waals surface area contributed by atoms with Gasteiger partial charge in [-0.3, -0.25) is 18.9 Å². The summed E-state index contributed by atoms with van der Waals surface area (Å²) in [5.41, 5.74) is 1.03. The van der Waals surface area contributed by atoms with Crippen LogP contribution in [0.1, 0.15) is 42.6 Å². The van der Waals surface area contributed by atoms with Crippen LogP contribution in [0.25, 0.3) is 0 Å². The summed E-state index contributed by atoms with van der Waals surface area (Å²) in [5, 5.41) is 0. The predicted octanol–water partition coefficient (Wildman–Crippen LogP) is 3.63. The van der Waals surface area contributed by atoms with E-state index in [1.807, 2.05) is 27.2 Å². The lowest BCUT2D eigenvalue weighted by Gasteiger charge is -2.27. The first-order valence-electron chi connectivity index (χ1n) is 12.8. The number of phosphoric acid groups is 1. The molecule has 0 saturated carbocycles. The number of quaternary nitrogens is 1. The molecule has 0 fully saturated rings. The van der Waals surface area contributed by atoms with Crippen molar-refractivity contribution in [3.05, 3.63) is 65.7 Å². The summed E-state index contributed by atoms with van der Waals surface area (Å²) in [6.45, 7) is 3.25. The van der Waals surface area contributed by atoms with E-state index in [1.165, 1.54) is 0 Å². The molecule has 0 aliphatic heterocycles. The molecule has 0 spiro atoms. The summed E-state index contributed by atoms with van der Waals surface area (Å²) < 4.78 is 32.5. The molecule has 2 rings (SSSR count). The number of ether oxygens (including phenoxy) is 2.